The van der Waals surface area contributed by atoms with Crippen LogP contribution < -0.4 is 5.32 Å². The van der Waals surface area contributed by atoms with Crippen LogP contribution in [0.5, 0.6) is 0 Å². The Morgan fingerprint density at radius 1 is 1.41 bits per heavy atom. The van der Waals surface area contributed by atoms with Gasteiger partial charge in [0.1, 0.15) is 28.7 Å². The first kappa shape index (κ1) is 16.1. The number of hydrogen-bond donors (Lipinski definition) is 1. The van der Waals surface area contributed by atoms with Gasteiger partial charge in [0.05, 0.1) is 0 Å². The first-order valence-corrected chi connectivity index (χ1v) is 6.73. The van der Waals surface area contributed by atoms with Crippen molar-refractivity contribution >= 4 is 5.91 Å². The summed E-state index contributed by atoms with van der Waals surface area (Å²) in [6, 6.07) is 3.06. The number of nitrogens with zero attached hydrogens (tertiary/aromatic N) is 1. The monoisotopic (exact) mass is 310 g/mol. The number of aryl methyl sites for hydroxylation is 1. The zero-order valence-corrected chi connectivity index (χ0v) is 12.3. The Balaban J connectivity index is 2.26. The van der Waals surface area contributed by atoms with Crippen LogP contribution in [0, 0.1) is 18.6 Å². The predicted molar refractivity (Wildman–Crippen MR) is 75.4 cm³/mol. The second-order valence-electron chi connectivity index (χ2n) is 4.69. The highest BCUT2D eigenvalue weighted by Gasteiger charge is 2.23. The van der Waals surface area contributed by atoms with E-state index in [-0.39, 0.29) is 22.6 Å². The minimum atomic E-state index is -0.804. The molecular weight excluding hydrogens is 294 g/mol. The maximum Gasteiger partial charge on any atom is 0.257 e. The standard InChI is InChI=1S/C15H16F2N2O3/c1-9-13(15(20)18-6-3-7-21-2)14(19-22-9)11-5-4-10(16)8-12(11)17/h4-5,8H,3,6-7H2,1-2H3,(H,18,20). The number of nitrogens with one attached hydrogen (secondary N) is 1. The van der Waals surface area contributed by atoms with E-state index < -0.39 is 17.5 Å². The fraction of sp³-hybridized carbons (Fsp3) is 0.333. The minimum Gasteiger partial charge on any atom is -0.385 e. The summed E-state index contributed by atoms with van der Waals surface area (Å²) in [6.45, 7) is 2.48. The van der Waals surface area contributed by atoms with Crippen molar-refractivity contribution in [1.29, 1.82) is 0 Å². The van der Waals surface area contributed by atoms with E-state index in [0.29, 0.717) is 19.6 Å². The fourth-order valence-electron chi connectivity index (χ4n) is 2.01. The summed E-state index contributed by atoms with van der Waals surface area (Å²) in [5, 5.41) is 6.41. The van der Waals surface area contributed by atoms with Gasteiger partial charge in [0.25, 0.3) is 5.91 Å². The molecule has 1 N–H and O–H groups in total. The van der Waals surface area contributed by atoms with Crippen molar-refractivity contribution in [2.75, 3.05) is 20.3 Å². The van der Waals surface area contributed by atoms with Crippen molar-refractivity contribution in [3.8, 4) is 11.3 Å². The summed E-state index contributed by atoms with van der Waals surface area (Å²) in [4.78, 5) is 12.2. The van der Waals surface area contributed by atoms with Crippen LogP contribution in [0.4, 0.5) is 8.78 Å². The largest absolute Gasteiger partial charge is 0.385 e. The number of ether oxygens (including phenoxy) is 1. The van der Waals surface area contributed by atoms with E-state index in [1.54, 1.807) is 14.0 Å². The first-order chi connectivity index (χ1) is 10.5. The third kappa shape index (κ3) is 3.48. The SMILES string of the molecule is COCCCNC(=O)c1c(-c2ccc(F)cc2F)noc1C. The van der Waals surface area contributed by atoms with Crippen molar-refractivity contribution < 1.29 is 22.8 Å². The molecule has 0 atom stereocenters. The average molecular weight is 310 g/mol. The van der Waals surface area contributed by atoms with E-state index >= 15 is 0 Å². The smallest absolute Gasteiger partial charge is 0.257 e. The number of carbonyl (C=O) groups is 1. The lowest BCUT2D eigenvalue weighted by Gasteiger charge is -2.06. The van der Waals surface area contributed by atoms with E-state index in [1.807, 2.05) is 0 Å². The number of benzene rings is 1. The molecule has 22 heavy (non-hydrogen) atoms. The van der Waals surface area contributed by atoms with Gasteiger partial charge in [0.15, 0.2) is 0 Å². The van der Waals surface area contributed by atoms with Gasteiger partial charge in [-0.2, -0.15) is 0 Å². The molecule has 0 spiro atoms. The average Bonchev–Trinajstić information content (AvgIpc) is 2.85. The molecule has 1 aromatic heterocycles. The first-order valence-electron chi connectivity index (χ1n) is 6.73. The van der Waals surface area contributed by atoms with Gasteiger partial charge in [-0.3, -0.25) is 4.79 Å². The van der Waals surface area contributed by atoms with Gasteiger partial charge in [0, 0.05) is 31.9 Å². The summed E-state index contributed by atoms with van der Waals surface area (Å²) >= 11 is 0. The quantitative estimate of drug-likeness (QED) is 0.833. The molecule has 0 aliphatic heterocycles. The Kier molecular flexibility index (Phi) is 5.21. The Morgan fingerprint density at radius 3 is 2.86 bits per heavy atom. The Hall–Kier alpha value is -2.28. The van der Waals surface area contributed by atoms with Gasteiger partial charge in [-0.25, -0.2) is 8.78 Å². The van der Waals surface area contributed by atoms with Crippen LogP contribution >= 0.6 is 0 Å². The number of hydrogen-bond acceptors (Lipinski definition) is 4. The predicted octanol–water partition coefficient (Wildman–Crippen LogP) is 2.69. The van der Waals surface area contributed by atoms with Crippen LogP contribution in [0.3, 0.4) is 0 Å². The van der Waals surface area contributed by atoms with Gasteiger partial charge in [-0.1, -0.05) is 5.16 Å². The fourth-order valence-corrected chi connectivity index (χ4v) is 2.01. The molecule has 0 saturated heterocycles. The van der Waals surface area contributed by atoms with E-state index in [2.05, 4.69) is 10.5 Å². The molecule has 0 aliphatic rings. The summed E-state index contributed by atoms with van der Waals surface area (Å²) in [6.07, 6.45) is 0.646. The summed E-state index contributed by atoms with van der Waals surface area (Å²) in [7, 11) is 1.57. The lowest BCUT2D eigenvalue weighted by molar-refractivity contribution is 0.0947. The number of carbonyl (C=O) groups excluding carboxylic acids is 1. The van der Waals surface area contributed by atoms with Gasteiger partial charge in [0.2, 0.25) is 0 Å². The van der Waals surface area contributed by atoms with Crippen LogP contribution in [0.15, 0.2) is 22.7 Å². The third-order valence-corrected chi connectivity index (χ3v) is 3.09. The van der Waals surface area contributed by atoms with E-state index in [9.17, 15) is 13.6 Å². The van der Waals surface area contributed by atoms with Crippen molar-refractivity contribution in [2.45, 2.75) is 13.3 Å². The topological polar surface area (TPSA) is 64.4 Å². The Labute approximate surface area is 126 Å². The number of rotatable bonds is 6. The van der Waals surface area contributed by atoms with Crippen molar-refractivity contribution in [3.63, 3.8) is 0 Å². The number of halogens is 2. The number of methoxy groups -OCH3 is 1. The zero-order valence-electron chi connectivity index (χ0n) is 12.3. The summed E-state index contributed by atoms with van der Waals surface area (Å²) in [5.41, 5.74) is 0.211. The molecular formula is C15H16F2N2O3. The summed E-state index contributed by atoms with van der Waals surface area (Å²) in [5.74, 6) is -1.66. The van der Waals surface area contributed by atoms with Crippen LogP contribution in [0.25, 0.3) is 11.3 Å². The highest BCUT2D eigenvalue weighted by Crippen LogP contribution is 2.27. The number of aromatic nitrogens is 1. The van der Waals surface area contributed by atoms with Gasteiger partial charge >= 0.3 is 0 Å². The molecule has 5 nitrogen and oxygen atoms in total. The zero-order chi connectivity index (χ0) is 16.1. The Morgan fingerprint density at radius 2 is 2.18 bits per heavy atom. The molecule has 1 heterocycles. The second-order valence-corrected chi connectivity index (χ2v) is 4.69. The summed E-state index contributed by atoms with van der Waals surface area (Å²) < 4.78 is 36.7. The highest BCUT2D eigenvalue weighted by molar-refractivity contribution is 6.00. The lowest BCUT2D eigenvalue weighted by atomic mass is 10.0. The maximum absolute atomic E-state index is 13.9. The molecule has 0 unspecified atom stereocenters. The molecule has 118 valence electrons. The maximum atomic E-state index is 13.9. The molecule has 0 bridgehead atoms. The van der Waals surface area contributed by atoms with Crippen LogP contribution in [0.2, 0.25) is 0 Å². The van der Waals surface area contributed by atoms with Crippen LogP contribution in [-0.4, -0.2) is 31.3 Å². The highest BCUT2D eigenvalue weighted by atomic mass is 19.1. The number of amides is 1. The molecule has 0 radical (unpaired) electrons. The van der Waals surface area contributed by atoms with Gasteiger partial charge in [-0.05, 0) is 25.5 Å². The molecule has 0 fully saturated rings. The molecule has 7 heteroatoms. The molecule has 1 aromatic carbocycles. The third-order valence-electron chi connectivity index (χ3n) is 3.09. The van der Waals surface area contributed by atoms with Crippen LogP contribution in [0.1, 0.15) is 22.5 Å². The molecule has 0 aliphatic carbocycles. The van der Waals surface area contributed by atoms with Gasteiger partial charge < -0.3 is 14.6 Å². The lowest BCUT2D eigenvalue weighted by Crippen LogP contribution is -2.26. The van der Waals surface area contributed by atoms with Crippen LogP contribution in [-0.2, 0) is 4.74 Å². The molecule has 0 saturated carbocycles. The van der Waals surface area contributed by atoms with Crippen molar-refractivity contribution in [1.82, 2.24) is 10.5 Å². The van der Waals surface area contributed by atoms with Gasteiger partial charge in [-0.15, -0.1) is 0 Å². The molecule has 1 amide bonds. The Bertz CT molecular complexity index is 671. The van der Waals surface area contributed by atoms with E-state index in [4.69, 9.17) is 9.26 Å². The van der Waals surface area contributed by atoms with Crippen molar-refractivity contribution in [3.05, 3.63) is 41.2 Å². The van der Waals surface area contributed by atoms with Crippen molar-refractivity contribution in [2.24, 2.45) is 0 Å². The van der Waals surface area contributed by atoms with E-state index in [1.165, 1.54) is 6.07 Å². The minimum absolute atomic E-state index is 0.0142. The molecule has 2 rings (SSSR count). The second kappa shape index (κ2) is 7.13. The van der Waals surface area contributed by atoms with E-state index in [0.717, 1.165) is 12.1 Å². The normalized spacial score (nSPS) is 10.7. The molecule has 2 aromatic rings.